The molecule has 1 aromatic carbocycles. The molecule has 0 aliphatic carbocycles. The highest BCUT2D eigenvalue weighted by Crippen LogP contribution is 2.30. The standard InChI is InChI=1S/C29H32F2N6O3S/c1-17(2)10-19(12-32)28(40)36-9-3-4-20(36)14-37-23-6-5-18(13-35-15-21(38)16-35)11-22(23)33-29(37)34-27(39)25-8-7-24(41-25)26(30)31/h5-8,10-11,17,20-21,26,38H,3-4,9,13-16H2,1-2H3,(H,33,34,39). The third-order valence-corrected chi connectivity index (χ3v) is 8.42. The van der Waals surface area contributed by atoms with E-state index in [1.54, 1.807) is 11.0 Å². The van der Waals surface area contributed by atoms with E-state index >= 15 is 0 Å². The Morgan fingerprint density at radius 3 is 2.71 bits per heavy atom. The van der Waals surface area contributed by atoms with Gasteiger partial charge >= 0.3 is 0 Å². The number of nitrogens with one attached hydrogen (secondary N) is 1. The Morgan fingerprint density at radius 1 is 1.27 bits per heavy atom. The third-order valence-electron chi connectivity index (χ3n) is 7.33. The quantitative estimate of drug-likeness (QED) is 0.282. The van der Waals surface area contributed by atoms with Crippen LogP contribution in [0.15, 0.2) is 42.0 Å². The first-order valence-electron chi connectivity index (χ1n) is 13.6. The average molecular weight is 583 g/mol. The van der Waals surface area contributed by atoms with Gasteiger partial charge in [-0.25, -0.2) is 13.8 Å². The van der Waals surface area contributed by atoms with Gasteiger partial charge in [-0.05, 0) is 48.6 Å². The summed E-state index contributed by atoms with van der Waals surface area (Å²) >= 11 is 0.732. The van der Waals surface area contributed by atoms with Crippen LogP contribution in [0.5, 0.6) is 0 Å². The van der Waals surface area contributed by atoms with Crippen LogP contribution in [0.4, 0.5) is 14.7 Å². The molecule has 2 saturated heterocycles. The summed E-state index contributed by atoms with van der Waals surface area (Å²) in [6, 6.07) is 10.3. The van der Waals surface area contributed by atoms with Gasteiger partial charge in [0.25, 0.3) is 18.2 Å². The average Bonchev–Trinajstić information content (AvgIpc) is 3.65. The van der Waals surface area contributed by atoms with E-state index in [1.807, 2.05) is 42.7 Å². The van der Waals surface area contributed by atoms with E-state index in [2.05, 4.69) is 10.2 Å². The molecule has 0 spiro atoms. The molecular formula is C29H32F2N6O3S. The maximum Gasteiger partial charge on any atom is 0.272 e. The SMILES string of the molecule is CC(C)C=C(C#N)C(=O)N1CCCC1Cn1c(NC(=O)c2ccc(C(F)F)s2)nc2cc(CN3CC(O)C3)ccc21. The summed E-state index contributed by atoms with van der Waals surface area (Å²) < 4.78 is 28.1. The Kier molecular flexibility index (Phi) is 8.49. The smallest absolute Gasteiger partial charge is 0.272 e. The van der Waals surface area contributed by atoms with Crippen molar-refractivity contribution in [3.8, 4) is 6.07 Å². The van der Waals surface area contributed by atoms with E-state index in [-0.39, 0.29) is 45.2 Å². The molecule has 3 aromatic rings. The summed E-state index contributed by atoms with van der Waals surface area (Å²) in [5.41, 5.74) is 2.52. The Morgan fingerprint density at radius 2 is 2.05 bits per heavy atom. The molecule has 2 fully saturated rings. The number of alkyl halides is 2. The molecule has 4 heterocycles. The fourth-order valence-electron chi connectivity index (χ4n) is 5.39. The number of hydrogen-bond acceptors (Lipinski definition) is 7. The fourth-order valence-corrected chi connectivity index (χ4v) is 6.15. The van der Waals surface area contributed by atoms with Crippen LogP contribution in [0.25, 0.3) is 11.0 Å². The lowest BCUT2D eigenvalue weighted by molar-refractivity contribution is -0.127. The minimum atomic E-state index is -2.66. The Bertz CT molecular complexity index is 1520. The normalized spacial score (nSPS) is 18.3. The van der Waals surface area contributed by atoms with E-state index in [1.165, 1.54) is 12.1 Å². The zero-order valence-corrected chi connectivity index (χ0v) is 23.7. The summed E-state index contributed by atoms with van der Waals surface area (Å²) in [6.07, 6.45) is 0.200. The minimum Gasteiger partial charge on any atom is -0.390 e. The van der Waals surface area contributed by atoms with E-state index in [9.17, 15) is 28.7 Å². The zero-order chi connectivity index (χ0) is 29.3. The lowest BCUT2D eigenvalue weighted by Crippen LogP contribution is -2.49. The number of hydrogen-bond donors (Lipinski definition) is 2. The van der Waals surface area contributed by atoms with E-state index < -0.39 is 12.3 Å². The van der Waals surface area contributed by atoms with Crippen molar-refractivity contribution in [2.45, 2.75) is 58.3 Å². The number of fused-ring (bicyclic) bond motifs is 1. The van der Waals surface area contributed by atoms with E-state index in [4.69, 9.17) is 4.98 Å². The van der Waals surface area contributed by atoms with Crippen LogP contribution < -0.4 is 5.32 Å². The number of halogens is 2. The lowest BCUT2D eigenvalue weighted by Gasteiger charge is -2.35. The molecule has 5 rings (SSSR count). The first-order valence-corrected chi connectivity index (χ1v) is 14.5. The van der Waals surface area contributed by atoms with Crippen molar-refractivity contribution >= 4 is 40.1 Å². The maximum atomic E-state index is 13.3. The lowest BCUT2D eigenvalue weighted by atomic mass is 10.1. The van der Waals surface area contributed by atoms with Gasteiger partial charge < -0.3 is 14.6 Å². The molecule has 2 aromatic heterocycles. The molecule has 216 valence electrons. The van der Waals surface area contributed by atoms with Crippen molar-refractivity contribution in [3.63, 3.8) is 0 Å². The van der Waals surface area contributed by atoms with Gasteiger partial charge in [0.05, 0.1) is 32.9 Å². The molecule has 2 aliphatic rings. The molecule has 9 nitrogen and oxygen atoms in total. The number of amides is 2. The van der Waals surface area contributed by atoms with Crippen molar-refractivity contribution in [2.24, 2.45) is 5.92 Å². The number of nitriles is 1. The predicted octanol–water partition coefficient (Wildman–Crippen LogP) is 4.56. The van der Waals surface area contributed by atoms with Crippen LogP contribution in [0, 0.1) is 17.2 Å². The molecule has 1 unspecified atom stereocenters. The first kappa shape index (κ1) is 28.9. The van der Waals surface area contributed by atoms with Crippen molar-refractivity contribution in [1.29, 1.82) is 5.26 Å². The predicted molar refractivity (Wildman–Crippen MR) is 152 cm³/mol. The number of thiophene rings is 1. The molecule has 0 saturated carbocycles. The number of aliphatic hydroxyl groups is 1. The zero-order valence-electron chi connectivity index (χ0n) is 22.9. The number of nitrogens with zero attached hydrogens (tertiary/aromatic N) is 5. The number of aliphatic hydroxyl groups excluding tert-OH is 1. The molecule has 1 atom stereocenters. The topological polar surface area (TPSA) is 114 Å². The molecule has 0 radical (unpaired) electrons. The molecule has 41 heavy (non-hydrogen) atoms. The highest BCUT2D eigenvalue weighted by molar-refractivity contribution is 7.14. The molecule has 0 bridgehead atoms. The van der Waals surface area contributed by atoms with Gasteiger partial charge in [0.2, 0.25) is 5.95 Å². The number of benzene rings is 1. The number of imidazole rings is 1. The number of aromatic nitrogens is 2. The number of carbonyl (C=O) groups excluding carboxylic acids is 2. The van der Waals surface area contributed by atoms with Crippen LogP contribution in [0.2, 0.25) is 0 Å². The monoisotopic (exact) mass is 582 g/mol. The fraction of sp³-hybridized carbons (Fsp3) is 0.448. The van der Waals surface area contributed by atoms with Gasteiger partial charge in [0.15, 0.2) is 0 Å². The number of β-amino-alcohol motifs (C(OH)–C–C–N with tert-alkyl or cyclic N) is 1. The Balaban J connectivity index is 1.45. The molecule has 2 N–H and O–H groups in total. The summed E-state index contributed by atoms with van der Waals surface area (Å²) in [4.78, 5) is 34.8. The number of allylic oxidation sites excluding steroid dienone is 1. The van der Waals surface area contributed by atoms with Crippen LogP contribution in [0.3, 0.4) is 0 Å². The summed E-state index contributed by atoms with van der Waals surface area (Å²) in [7, 11) is 0. The Labute approximate surface area is 240 Å². The number of rotatable bonds is 9. The van der Waals surface area contributed by atoms with Gasteiger partial charge in [0, 0.05) is 32.7 Å². The Hall–Kier alpha value is -3.66. The minimum absolute atomic E-state index is 0.0469. The summed E-state index contributed by atoms with van der Waals surface area (Å²) in [6.45, 7) is 6.55. The van der Waals surface area contributed by atoms with E-state index in [0.29, 0.717) is 38.2 Å². The molecule has 12 heteroatoms. The van der Waals surface area contributed by atoms with Gasteiger partial charge in [-0.3, -0.25) is 19.8 Å². The van der Waals surface area contributed by atoms with Crippen molar-refractivity contribution < 1.29 is 23.5 Å². The van der Waals surface area contributed by atoms with Crippen LogP contribution >= 0.6 is 11.3 Å². The largest absolute Gasteiger partial charge is 0.390 e. The van der Waals surface area contributed by atoms with Gasteiger partial charge in [-0.1, -0.05) is 26.0 Å². The van der Waals surface area contributed by atoms with Gasteiger partial charge in [-0.2, -0.15) is 5.26 Å². The third kappa shape index (κ3) is 6.32. The first-order chi connectivity index (χ1) is 19.6. The van der Waals surface area contributed by atoms with E-state index in [0.717, 1.165) is 35.3 Å². The van der Waals surface area contributed by atoms with Gasteiger partial charge in [0.1, 0.15) is 11.6 Å². The second kappa shape index (κ2) is 12.1. The van der Waals surface area contributed by atoms with Crippen LogP contribution in [-0.4, -0.2) is 68.1 Å². The van der Waals surface area contributed by atoms with Crippen molar-refractivity contribution in [2.75, 3.05) is 25.0 Å². The molecule has 2 amide bonds. The molecule has 2 aliphatic heterocycles. The number of carbonyl (C=O) groups is 2. The highest BCUT2D eigenvalue weighted by atomic mass is 32.1. The second-order valence-corrected chi connectivity index (χ2v) is 12.0. The number of likely N-dealkylation sites (tertiary alicyclic amines) is 2. The maximum absolute atomic E-state index is 13.3. The highest BCUT2D eigenvalue weighted by Gasteiger charge is 2.32. The van der Waals surface area contributed by atoms with Gasteiger partial charge in [-0.15, -0.1) is 11.3 Å². The van der Waals surface area contributed by atoms with Crippen molar-refractivity contribution in [3.05, 3.63) is 57.3 Å². The van der Waals surface area contributed by atoms with Crippen molar-refractivity contribution in [1.82, 2.24) is 19.4 Å². The number of anilines is 1. The molecular weight excluding hydrogens is 550 g/mol. The van der Waals surface area contributed by atoms with Crippen LogP contribution in [0.1, 0.15) is 53.2 Å². The second-order valence-electron chi connectivity index (χ2n) is 10.9. The summed E-state index contributed by atoms with van der Waals surface area (Å²) in [5.74, 6) is -0.549. The summed E-state index contributed by atoms with van der Waals surface area (Å²) in [5, 5.41) is 22.0. The van der Waals surface area contributed by atoms with Crippen LogP contribution in [-0.2, 0) is 17.9 Å².